The maximum Gasteiger partial charge on any atom is 0.0748 e. The van der Waals surface area contributed by atoms with E-state index in [1.807, 2.05) is 18.5 Å². The predicted octanol–water partition coefficient (Wildman–Crippen LogP) is 13.2. The second-order valence-electron chi connectivity index (χ2n) is 15.6. The molecule has 259 valence electrons. The topological polar surface area (TPSA) is 25.8 Å². The molecular formula is C46H55IrN2-. The summed E-state index contributed by atoms with van der Waals surface area (Å²) in [6.45, 7) is 15.9. The van der Waals surface area contributed by atoms with Crippen LogP contribution in [0.1, 0.15) is 117 Å². The van der Waals surface area contributed by atoms with Crippen LogP contribution < -0.4 is 0 Å². The summed E-state index contributed by atoms with van der Waals surface area (Å²) in [4.78, 5) is 9.55. The van der Waals surface area contributed by atoms with E-state index in [0.29, 0.717) is 0 Å². The van der Waals surface area contributed by atoms with Crippen molar-refractivity contribution in [3.63, 3.8) is 0 Å². The van der Waals surface area contributed by atoms with Gasteiger partial charge in [-0.2, -0.15) is 0 Å². The van der Waals surface area contributed by atoms with Crippen molar-refractivity contribution in [1.29, 1.82) is 0 Å². The molecule has 4 aromatic carbocycles. The number of aryl methyl sites for hydroxylation is 1. The number of unbranched alkanes of at least 4 members (excludes halogenated alkanes) is 7. The fourth-order valence-corrected chi connectivity index (χ4v) is 6.31. The second-order valence-corrected chi connectivity index (χ2v) is 15.6. The average molecular weight is 828 g/mol. The first-order valence-corrected chi connectivity index (χ1v) is 18.2. The minimum absolute atomic E-state index is 0. The molecule has 3 heteroatoms. The normalized spacial score (nSPS) is 11.7. The molecule has 0 aliphatic rings. The Kier molecular flexibility index (Phi) is 13.7. The van der Waals surface area contributed by atoms with Gasteiger partial charge < -0.3 is 0 Å². The fraction of sp³-hybridized carbons (Fsp3) is 0.391. The molecule has 0 spiro atoms. The monoisotopic (exact) mass is 828 g/mol. The van der Waals surface area contributed by atoms with Crippen LogP contribution in [0, 0.1) is 6.07 Å². The SMILES string of the molecule is CCCCCCCCCCc1cnc(-c2[c-]ccc(-c3cc(-c4ccc(C(C)(C)C)cc4)cc(-c4ccc(C(C)(C)C)cc4)c3)c2)nc1.[Ir]. The number of benzene rings is 4. The van der Waals surface area contributed by atoms with Crippen LogP contribution in [0.5, 0.6) is 0 Å². The van der Waals surface area contributed by atoms with Gasteiger partial charge >= 0.3 is 0 Å². The molecule has 2 nitrogen and oxygen atoms in total. The molecule has 0 fully saturated rings. The first-order valence-electron chi connectivity index (χ1n) is 18.2. The Morgan fingerprint density at radius 2 is 0.959 bits per heavy atom. The van der Waals surface area contributed by atoms with Crippen LogP contribution in [0.4, 0.5) is 0 Å². The van der Waals surface area contributed by atoms with Crippen LogP contribution in [-0.4, -0.2) is 9.97 Å². The van der Waals surface area contributed by atoms with Crippen molar-refractivity contribution < 1.29 is 20.1 Å². The van der Waals surface area contributed by atoms with Gasteiger partial charge in [-0.05, 0) is 86.4 Å². The van der Waals surface area contributed by atoms with E-state index < -0.39 is 0 Å². The first kappa shape index (κ1) is 38.4. The maximum atomic E-state index is 4.78. The van der Waals surface area contributed by atoms with E-state index in [0.717, 1.165) is 23.4 Å². The van der Waals surface area contributed by atoms with Crippen molar-refractivity contribution in [3.05, 3.63) is 120 Å². The van der Waals surface area contributed by atoms with E-state index in [2.05, 4.69) is 133 Å². The molecule has 0 atom stereocenters. The molecule has 1 radical (unpaired) electrons. The second kappa shape index (κ2) is 17.5. The summed E-state index contributed by atoms with van der Waals surface area (Å²) >= 11 is 0. The van der Waals surface area contributed by atoms with Crippen molar-refractivity contribution in [1.82, 2.24) is 9.97 Å². The van der Waals surface area contributed by atoms with Gasteiger partial charge in [0.1, 0.15) is 0 Å². The van der Waals surface area contributed by atoms with E-state index in [1.54, 1.807) is 0 Å². The van der Waals surface area contributed by atoms with Crippen LogP contribution in [-0.2, 0) is 37.4 Å². The number of rotatable bonds is 13. The third-order valence-electron chi connectivity index (χ3n) is 9.50. The number of hydrogen-bond acceptors (Lipinski definition) is 2. The van der Waals surface area contributed by atoms with Gasteiger partial charge in [0.25, 0.3) is 0 Å². The van der Waals surface area contributed by atoms with Gasteiger partial charge in [-0.15, -0.1) is 35.4 Å². The largest absolute Gasteiger partial charge is 0.285 e. The van der Waals surface area contributed by atoms with Gasteiger partial charge in [0.2, 0.25) is 0 Å². The minimum Gasteiger partial charge on any atom is -0.285 e. The zero-order valence-corrected chi connectivity index (χ0v) is 33.2. The van der Waals surface area contributed by atoms with E-state index in [4.69, 9.17) is 9.97 Å². The first-order chi connectivity index (χ1) is 23.0. The van der Waals surface area contributed by atoms with Crippen molar-refractivity contribution in [2.24, 2.45) is 0 Å². The number of hydrogen-bond donors (Lipinski definition) is 0. The molecule has 5 aromatic rings. The van der Waals surface area contributed by atoms with E-state index in [1.165, 1.54) is 95.9 Å². The van der Waals surface area contributed by atoms with Gasteiger partial charge in [-0.25, -0.2) is 0 Å². The molecule has 0 unspecified atom stereocenters. The van der Waals surface area contributed by atoms with Gasteiger partial charge in [-0.3, -0.25) is 9.97 Å². The molecule has 0 N–H and O–H groups in total. The zero-order chi connectivity index (χ0) is 34.1. The van der Waals surface area contributed by atoms with Gasteiger partial charge in [0.05, 0.1) is 5.82 Å². The summed E-state index contributed by atoms with van der Waals surface area (Å²) in [6.07, 6.45) is 15.7. The molecule has 49 heavy (non-hydrogen) atoms. The van der Waals surface area contributed by atoms with Gasteiger partial charge in [0.15, 0.2) is 0 Å². The van der Waals surface area contributed by atoms with Crippen LogP contribution >= 0.6 is 0 Å². The summed E-state index contributed by atoms with van der Waals surface area (Å²) in [7, 11) is 0. The third-order valence-corrected chi connectivity index (χ3v) is 9.50. The Balaban J connectivity index is 0.00000541. The van der Waals surface area contributed by atoms with Crippen LogP contribution in [0.25, 0.3) is 44.8 Å². The Morgan fingerprint density at radius 1 is 0.510 bits per heavy atom. The van der Waals surface area contributed by atoms with Crippen LogP contribution in [0.2, 0.25) is 0 Å². The zero-order valence-electron chi connectivity index (χ0n) is 30.8. The molecule has 0 bridgehead atoms. The number of aromatic nitrogens is 2. The third kappa shape index (κ3) is 10.8. The Bertz CT molecular complexity index is 1660. The van der Waals surface area contributed by atoms with E-state index in [9.17, 15) is 0 Å². The molecule has 0 amide bonds. The van der Waals surface area contributed by atoms with E-state index >= 15 is 0 Å². The van der Waals surface area contributed by atoms with Crippen molar-refractivity contribution in [3.8, 4) is 44.8 Å². The summed E-state index contributed by atoms with van der Waals surface area (Å²) in [5, 5.41) is 0. The summed E-state index contributed by atoms with van der Waals surface area (Å²) in [6, 6.07) is 34.8. The average Bonchev–Trinajstić information content (AvgIpc) is 3.09. The van der Waals surface area contributed by atoms with Crippen LogP contribution in [0.3, 0.4) is 0 Å². The van der Waals surface area contributed by atoms with Crippen molar-refractivity contribution in [2.75, 3.05) is 0 Å². The molecule has 0 saturated carbocycles. The molecule has 0 aliphatic heterocycles. The maximum absolute atomic E-state index is 4.78. The standard InChI is InChI=1S/C46H55N2.Ir/c1-8-9-10-11-12-13-14-15-17-34-32-47-44(48-33-34)38-19-16-18-37(28-38)41-30-39(35-20-24-42(25-21-35)45(2,3)4)29-40(31-41)36-22-26-43(27-23-36)46(5,6)7;/h16,18,20-33H,8-15,17H2,1-7H3;/q-1;. The molecule has 5 rings (SSSR count). The molecule has 0 aliphatic carbocycles. The predicted molar refractivity (Wildman–Crippen MR) is 206 cm³/mol. The van der Waals surface area contributed by atoms with Crippen molar-refractivity contribution >= 4 is 0 Å². The summed E-state index contributed by atoms with van der Waals surface area (Å²) in [5.74, 6) is 0.725. The smallest absolute Gasteiger partial charge is 0.0748 e. The van der Waals surface area contributed by atoms with Crippen LogP contribution in [0.15, 0.2) is 97.3 Å². The van der Waals surface area contributed by atoms with Gasteiger partial charge in [-0.1, -0.05) is 142 Å². The molecule has 1 aromatic heterocycles. The summed E-state index contributed by atoms with van der Waals surface area (Å²) in [5.41, 5.74) is 12.2. The fourth-order valence-electron chi connectivity index (χ4n) is 6.31. The Labute approximate surface area is 310 Å². The van der Waals surface area contributed by atoms with Crippen molar-refractivity contribution in [2.45, 2.75) is 117 Å². The minimum atomic E-state index is 0. The molecule has 1 heterocycles. The Morgan fingerprint density at radius 3 is 1.43 bits per heavy atom. The quantitative estimate of drug-likeness (QED) is 0.0873. The van der Waals surface area contributed by atoms with E-state index in [-0.39, 0.29) is 30.9 Å². The Hall–Kier alpha value is -3.39. The molecular weight excluding hydrogens is 773 g/mol. The molecule has 0 saturated heterocycles. The van der Waals surface area contributed by atoms with Gasteiger partial charge in [0, 0.05) is 32.5 Å². The number of nitrogens with zero attached hydrogens (tertiary/aromatic N) is 2. The summed E-state index contributed by atoms with van der Waals surface area (Å²) < 4.78 is 0.